The molecule has 0 saturated carbocycles. The van der Waals surface area contributed by atoms with Gasteiger partial charge in [-0.05, 0) is 62.2 Å². The summed E-state index contributed by atoms with van der Waals surface area (Å²) in [6, 6.07) is 14.6. The van der Waals surface area contributed by atoms with Crippen molar-refractivity contribution in [3.63, 3.8) is 0 Å². The van der Waals surface area contributed by atoms with E-state index in [-0.39, 0.29) is 4.90 Å². The topological polar surface area (TPSA) is 66.5 Å². The molecule has 0 aromatic heterocycles. The van der Waals surface area contributed by atoms with Crippen LogP contribution in [0.4, 0.5) is 20.2 Å². The summed E-state index contributed by atoms with van der Waals surface area (Å²) in [5, 5.41) is 2.15. The first-order chi connectivity index (χ1) is 14.6. The molecule has 0 bridgehead atoms. The van der Waals surface area contributed by atoms with Gasteiger partial charge in [0.2, 0.25) is 5.91 Å². The van der Waals surface area contributed by atoms with Crippen LogP contribution in [0.15, 0.2) is 65.6 Å². The molecular weight excluding hydrogens is 422 g/mol. The zero-order valence-electron chi connectivity index (χ0n) is 17.3. The van der Waals surface area contributed by atoms with Gasteiger partial charge in [-0.25, -0.2) is 17.2 Å². The molecule has 5 nitrogen and oxygen atoms in total. The normalized spacial score (nSPS) is 11.3. The SMILES string of the molecule is Cc1ccc(S(=O)(=O)N(CC(=O)Nc2c(F)cccc2F)c2cc(C)ccc2C)cc1. The lowest BCUT2D eigenvalue weighted by molar-refractivity contribution is -0.114. The average molecular weight is 445 g/mol. The van der Waals surface area contributed by atoms with Gasteiger partial charge in [0.25, 0.3) is 10.0 Å². The molecular formula is C23H22F2N2O3S. The summed E-state index contributed by atoms with van der Waals surface area (Å²) in [5.41, 5.74) is 1.99. The maximum Gasteiger partial charge on any atom is 0.264 e. The van der Waals surface area contributed by atoms with Crippen molar-refractivity contribution in [2.24, 2.45) is 0 Å². The monoisotopic (exact) mass is 444 g/mol. The smallest absolute Gasteiger partial charge is 0.264 e. The van der Waals surface area contributed by atoms with Crippen LogP contribution in [0.5, 0.6) is 0 Å². The van der Waals surface area contributed by atoms with E-state index in [1.54, 1.807) is 38.1 Å². The maximum atomic E-state index is 13.9. The zero-order valence-corrected chi connectivity index (χ0v) is 18.1. The van der Waals surface area contributed by atoms with Gasteiger partial charge in [0, 0.05) is 0 Å². The molecule has 1 amide bonds. The molecule has 3 aromatic rings. The quantitative estimate of drug-likeness (QED) is 0.598. The average Bonchev–Trinajstić information content (AvgIpc) is 2.71. The first-order valence-corrected chi connectivity index (χ1v) is 10.9. The second kappa shape index (κ2) is 8.85. The molecule has 0 aliphatic carbocycles. The molecule has 31 heavy (non-hydrogen) atoms. The maximum absolute atomic E-state index is 13.9. The summed E-state index contributed by atoms with van der Waals surface area (Å²) in [4.78, 5) is 12.7. The van der Waals surface area contributed by atoms with Crippen molar-refractivity contribution < 1.29 is 22.0 Å². The van der Waals surface area contributed by atoms with Crippen molar-refractivity contribution in [3.8, 4) is 0 Å². The van der Waals surface area contributed by atoms with Crippen LogP contribution in [-0.2, 0) is 14.8 Å². The van der Waals surface area contributed by atoms with E-state index >= 15 is 0 Å². The lowest BCUT2D eigenvalue weighted by Gasteiger charge is -2.26. The highest BCUT2D eigenvalue weighted by atomic mass is 32.2. The Kier molecular flexibility index (Phi) is 6.40. The number of halogens is 2. The van der Waals surface area contributed by atoms with Crippen LogP contribution in [0.25, 0.3) is 0 Å². The lowest BCUT2D eigenvalue weighted by atomic mass is 10.1. The number of carbonyl (C=O) groups excluding carboxylic acids is 1. The van der Waals surface area contributed by atoms with Crippen LogP contribution in [-0.4, -0.2) is 20.9 Å². The Morgan fingerprint density at radius 2 is 1.48 bits per heavy atom. The first-order valence-electron chi connectivity index (χ1n) is 9.50. The Morgan fingerprint density at radius 1 is 0.903 bits per heavy atom. The van der Waals surface area contributed by atoms with Crippen molar-refractivity contribution >= 4 is 27.3 Å². The number of sulfonamides is 1. The lowest BCUT2D eigenvalue weighted by Crippen LogP contribution is -2.38. The highest BCUT2D eigenvalue weighted by Crippen LogP contribution is 2.28. The molecule has 1 N–H and O–H groups in total. The third-order valence-electron chi connectivity index (χ3n) is 4.76. The van der Waals surface area contributed by atoms with Gasteiger partial charge in [-0.15, -0.1) is 0 Å². The number of benzene rings is 3. The summed E-state index contributed by atoms with van der Waals surface area (Å²) >= 11 is 0. The molecule has 3 rings (SSSR count). The number of anilines is 2. The van der Waals surface area contributed by atoms with Crippen molar-refractivity contribution in [3.05, 3.63) is 89.0 Å². The number of para-hydroxylation sites is 1. The third kappa shape index (κ3) is 4.91. The summed E-state index contributed by atoms with van der Waals surface area (Å²) in [6.45, 7) is 4.69. The van der Waals surface area contributed by atoms with Crippen molar-refractivity contribution in [2.75, 3.05) is 16.2 Å². The Balaban J connectivity index is 2.03. The molecule has 162 valence electrons. The van der Waals surface area contributed by atoms with Crippen LogP contribution >= 0.6 is 0 Å². The molecule has 0 spiro atoms. The molecule has 0 fully saturated rings. The summed E-state index contributed by atoms with van der Waals surface area (Å²) in [6.07, 6.45) is 0. The minimum Gasteiger partial charge on any atom is -0.320 e. The van der Waals surface area contributed by atoms with Gasteiger partial charge in [-0.2, -0.15) is 0 Å². The second-order valence-electron chi connectivity index (χ2n) is 7.26. The second-order valence-corrected chi connectivity index (χ2v) is 9.12. The summed E-state index contributed by atoms with van der Waals surface area (Å²) in [7, 11) is -4.13. The largest absolute Gasteiger partial charge is 0.320 e. The molecule has 0 heterocycles. The Bertz CT molecular complexity index is 1210. The van der Waals surface area contributed by atoms with Crippen LogP contribution in [0, 0.1) is 32.4 Å². The van der Waals surface area contributed by atoms with E-state index in [4.69, 9.17) is 0 Å². The number of nitrogens with zero attached hydrogens (tertiary/aromatic N) is 1. The number of hydrogen-bond acceptors (Lipinski definition) is 3. The molecule has 0 aliphatic heterocycles. The number of aryl methyl sites for hydroxylation is 3. The standard InChI is InChI=1S/C23H22F2N2O3S/c1-15-8-11-18(12-9-15)31(29,30)27(21-13-16(2)7-10-17(21)3)14-22(28)26-23-19(24)5-4-6-20(23)25/h4-13H,14H2,1-3H3,(H,26,28). The predicted octanol–water partition coefficient (Wildman–Crippen LogP) is 4.72. The van der Waals surface area contributed by atoms with Gasteiger partial charge in [0.1, 0.15) is 23.9 Å². The third-order valence-corrected chi connectivity index (χ3v) is 6.53. The number of amides is 1. The van der Waals surface area contributed by atoms with Crippen LogP contribution in [0.3, 0.4) is 0 Å². The molecule has 0 radical (unpaired) electrons. The predicted molar refractivity (Wildman–Crippen MR) is 117 cm³/mol. The molecule has 0 unspecified atom stereocenters. The molecule has 0 aliphatic rings. The number of nitrogens with one attached hydrogen (secondary N) is 1. The van der Waals surface area contributed by atoms with Gasteiger partial charge in [-0.1, -0.05) is 35.9 Å². The highest BCUT2D eigenvalue weighted by Gasteiger charge is 2.29. The fourth-order valence-corrected chi connectivity index (χ4v) is 4.53. The van der Waals surface area contributed by atoms with Gasteiger partial charge in [0.05, 0.1) is 10.6 Å². The minimum absolute atomic E-state index is 0.00359. The van der Waals surface area contributed by atoms with Gasteiger partial charge in [0.15, 0.2) is 0 Å². The van der Waals surface area contributed by atoms with E-state index in [1.165, 1.54) is 18.2 Å². The molecule has 8 heteroatoms. The highest BCUT2D eigenvalue weighted by molar-refractivity contribution is 7.92. The van der Waals surface area contributed by atoms with Gasteiger partial charge < -0.3 is 5.32 Å². The van der Waals surface area contributed by atoms with E-state index in [1.807, 2.05) is 13.0 Å². The molecule has 0 atom stereocenters. The number of rotatable bonds is 6. The minimum atomic E-state index is -4.13. The zero-order chi connectivity index (χ0) is 22.8. The number of hydrogen-bond donors (Lipinski definition) is 1. The van der Waals surface area contributed by atoms with Crippen LogP contribution in [0.1, 0.15) is 16.7 Å². The van der Waals surface area contributed by atoms with E-state index in [0.717, 1.165) is 27.6 Å². The fourth-order valence-electron chi connectivity index (χ4n) is 3.05. The Labute approximate surface area is 180 Å². The van der Waals surface area contributed by atoms with E-state index in [9.17, 15) is 22.0 Å². The van der Waals surface area contributed by atoms with Crippen molar-refractivity contribution in [1.29, 1.82) is 0 Å². The first kappa shape index (κ1) is 22.4. The summed E-state index contributed by atoms with van der Waals surface area (Å²) < 4.78 is 55.7. The van der Waals surface area contributed by atoms with Gasteiger partial charge >= 0.3 is 0 Å². The number of carbonyl (C=O) groups is 1. The summed E-state index contributed by atoms with van der Waals surface area (Å²) in [5.74, 6) is -2.78. The van der Waals surface area contributed by atoms with Crippen LogP contribution in [0.2, 0.25) is 0 Å². The molecule has 3 aromatic carbocycles. The Morgan fingerprint density at radius 3 is 2.10 bits per heavy atom. The van der Waals surface area contributed by atoms with Crippen LogP contribution < -0.4 is 9.62 Å². The van der Waals surface area contributed by atoms with Gasteiger partial charge in [-0.3, -0.25) is 9.10 Å². The fraction of sp³-hybridized carbons (Fsp3) is 0.174. The van der Waals surface area contributed by atoms with E-state index in [2.05, 4.69) is 5.32 Å². The van der Waals surface area contributed by atoms with E-state index in [0.29, 0.717) is 11.3 Å². The van der Waals surface area contributed by atoms with Crippen molar-refractivity contribution in [2.45, 2.75) is 25.7 Å². The Hall–Kier alpha value is -3.26. The molecule has 0 saturated heterocycles. The van der Waals surface area contributed by atoms with E-state index < -0.39 is 39.8 Å². The van der Waals surface area contributed by atoms with Crippen molar-refractivity contribution in [1.82, 2.24) is 0 Å².